The molecule has 2 amide bonds. The van der Waals surface area contributed by atoms with E-state index in [0.29, 0.717) is 39.4 Å². The van der Waals surface area contributed by atoms with Crippen molar-refractivity contribution in [2.45, 2.75) is 13.5 Å². The predicted octanol–water partition coefficient (Wildman–Crippen LogP) is 6.41. The van der Waals surface area contributed by atoms with Crippen molar-refractivity contribution in [3.63, 3.8) is 0 Å². The maximum absolute atomic E-state index is 13.3. The van der Waals surface area contributed by atoms with E-state index < -0.39 is 11.8 Å². The van der Waals surface area contributed by atoms with Crippen molar-refractivity contribution in [1.29, 1.82) is 0 Å². The first-order valence-electron chi connectivity index (χ1n) is 10.8. The first kappa shape index (κ1) is 26.4. The molecule has 1 fully saturated rings. The molecule has 0 atom stereocenters. The lowest BCUT2D eigenvalue weighted by Gasteiger charge is -2.29. The van der Waals surface area contributed by atoms with Crippen LogP contribution in [0.4, 0.5) is 5.69 Å². The van der Waals surface area contributed by atoms with E-state index in [1.54, 1.807) is 42.5 Å². The Morgan fingerprint density at radius 2 is 1.83 bits per heavy atom. The Kier molecular flexibility index (Phi) is 8.50. The number of anilines is 1. The number of carbonyl (C=O) groups is 2. The maximum atomic E-state index is 13.3. The van der Waals surface area contributed by atoms with Gasteiger partial charge in [0.1, 0.15) is 12.2 Å². The van der Waals surface area contributed by atoms with Gasteiger partial charge in [0.05, 0.1) is 15.9 Å². The van der Waals surface area contributed by atoms with Gasteiger partial charge in [-0.25, -0.2) is 0 Å². The molecule has 1 aliphatic heterocycles. The number of nitrogens with zero attached hydrogens (tertiary/aromatic N) is 1. The number of benzene rings is 3. The largest absolute Gasteiger partial charge is 0.490 e. The van der Waals surface area contributed by atoms with Crippen LogP contribution in [0.1, 0.15) is 18.1 Å². The molecular formula is C26H19Cl2IN2O4S. The summed E-state index contributed by atoms with van der Waals surface area (Å²) in [5.41, 5.74) is 1.80. The van der Waals surface area contributed by atoms with Crippen LogP contribution in [0.2, 0.25) is 10.0 Å². The van der Waals surface area contributed by atoms with Gasteiger partial charge in [0, 0.05) is 15.6 Å². The number of nitrogens with one attached hydrogen (secondary N) is 1. The first-order chi connectivity index (χ1) is 17.3. The minimum Gasteiger partial charge on any atom is -0.490 e. The third kappa shape index (κ3) is 5.83. The van der Waals surface area contributed by atoms with Crippen LogP contribution in [-0.2, 0) is 16.2 Å². The summed E-state index contributed by atoms with van der Waals surface area (Å²) >= 11 is 19.7. The van der Waals surface area contributed by atoms with Gasteiger partial charge in [0.25, 0.3) is 11.8 Å². The third-order valence-electron chi connectivity index (χ3n) is 5.14. The molecule has 0 bridgehead atoms. The molecule has 0 aliphatic carbocycles. The van der Waals surface area contributed by atoms with E-state index in [1.807, 2.05) is 25.1 Å². The summed E-state index contributed by atoms with van der Waals surface area (Å²) in [7, 11) is 0. The monoisotopic (exact) mass is 652 g/mol. The van der Waals surface area contributed by atoms with Crippen molar-refractivity contribution in [2.75, 3.05) is 11.5 Å². The Bertz CT molecular complexity index is 1400. The zero-order chi connectivity index (χ0) is 25.8. The van der Waals surface area contributed by atoms with Crippen molar-refractivity contribution in [3.8, 4) is 11.5 Å². The summed E-state index contributed by atoms with van der Waals surface area (Å²) in [6.07, 6.45) is 1.50. The molecule has 1 aliphatic rings. The highest BCUT2D eigenvalue weighted by atomic mass is 127. The fraction of sp³-hybridized carbons (Fsp3) is 0.115. The topological polar surface area (TPSA) is 67.9 Å². The number of thiocarbonyl (C=S) groups is 1. The van der Waals surface area contributed by atoms with Crippen molar-refractivity contribution < 1.29 is 19.1 Å². The second-order valence-electron chi connectivity index (χ2n) is 7.58. The summed E-state index contributed by atoms with van der Waals surface area (Å²) < 4.78 is 12.6. The SMILES string of the molecule is CCOc1cc(/C=C2\C(=O)NC(=S)N(c3cccc(Cl)c3)C2=O)cc(I)c1OCc1ccccc1Cl. The molecule has 0 radical (unpaired) electrons. The number of carbonyl (C=O) groups excluding carboxylic acids is 2. The number of hydrogen-bond donors (Lipinski definition) is 1. The Hall–Kier alpha value is -2.66. The van der Waals surface area contributed by atoms with E-state index in [9.17, 15) is 9.59 Å². The quantitative estimate of drug-likeness (QED) is 0.138. The molecule has 0 saturated carbocycles. The standard InChI is InChI=1S/C26H19Cl2IN2O4S/c1-2-34-22-12-15(11-21(29)23(22)35-14-16-6-3-4-9-20(16)28)10-19-24(32)30-26(36)31(25(19)33)18-8-5-7-17(27)13-18/h3-13H,2,14H2,1H3,(H,30,32,36)/b19-10+. The molecule has 0 spiro atoms. The van der Waals surface area contributed by atoms with E-state index in [4.69, 9.17) is 44.9 Å². The van der Waals surface area contributed by atoms with Crippen LogP contribution >= 0.6 is 58.0 Å². The molecule has 1 heterocycles. The van der Waals surface area contributed by atoms with Crippen molar-refractivity contribution in [3.05, 3.63) is 91.0 Å². The van der Waals surface area contributed by atoms with E-state index in [2.05, 4.69) is 27.9 Å². The maximum Gasteiger partial charge on any atom is 0.270 e. The number of amides is 2. The molecule has 1 saturated heterocycles. The van der Waals surface area contributed by atoms with Crippen LogP contribution in [0.5, 0.6) is 11.5 Å². The van der Waals surface area contributed by atoms with Crippen LogP contribution in [0.25, 0.3) is 6.08 Å². The van der Waals surface area contributed by atoms with Crippen LogP contribution in [0.3, 0.4) is 0 Å². The minimum atomic E-state index is -0.588. The van der Waals surface area contributed by atoms with Gasteiger partial charge in [-0.3, -0.25) is 19.8 Å². The smallest absolute Gasteiger partial charge is 0.270 e. The molecule has 10 heteroatoms. The Morgan fingerprint density at radius 3 is 2.56 bits per heavy atom. The molecule has 3 aromatic carbocycles. The molecule has 3 aromatic rings. The minimum absolute atomic E-state index is 0.0164. The first-order valence-corrected chi connectivity index (χ1v) is 13.0. The number of ether oxygens (including phenoxy) is 2. The molecule has 4 rings (SSSR count). The fourth-order valence-corrected chi connectivity index (χ4v) is 4.95. The lowest BCUT2D eigenvalue weighted by Crippen LogP contribution is -2.54. The van der Waals surface area contributed by atoms with E-state index >= 15 is 0 Å². The van der Waals surface area contributed by atoms with Gasteiger partial charge in [-0.1, -0.05) is 47.5 Å². The zero-order valence-corrected chi connectivity index (χ0v) is 23.4. The van der Waals surface area contributed by atoms with Gasteiger partial charge < -0.3 is 9.47 Å². The van der Waals surface area contributed by atoms with Gasteiger partial charge in [-0.15, -0.1) is 0 Å². The van der Waals surface area contributed by atoms with Crippen molar-refractivity contribution >= 4 is 86.7 Å². The molecule has 6 nitrogen and oxygen atoms in total. The predicted molar refractivity (Wildman–Crippen MR) is 154 cm³/mol. The summed E-state index contributed by atoms with van der Waals surface area (Å²) in [5, 5.41) is 3.60. The average Bonchev–Trinajstić information content (AvgIpc) is 2.82. The lowest BCUT2D eigenvalue weighted by molar-refractivity contribution is -0.122. The number of hydrogen-bond acceptors (Lipinski definition) is 5. The van der Waals surface area contributed by atoms with Gasteiger partial charge in [0.2, 0.25) is 0 Å². The number of rotatable bonds is 7. The Labute approximate surface area is 237 Å². The molecule has 1 N–H and O–H groups in total. The van der Waals surface area contributed by atoms with Gasteiger partial charge in [-0.2, -0.15) is 0 Å². The summed E-state index contributed by atoms with van der Waals surface area (Å²) in [4.78, 5) is 27.3. The second kappa shape index (κ2) is 11.6. The van der Waals surface area contributed by atoms with Crippen LogP contribution in [-0.4, -0.2) is 23.5 Å². The zero-order valence-electron chi connectivity index (χ0n) is 18.9. The van der Waals surface area contributed by atoms with Gasteiger partial charge >= 0.3 is 0 Å². The molecule has 36 heavy (non-hydrogen) atoms. The molecule has 0 unspecified atom stereocenters. The highest BCUT2D eigenvalue weighted by molar-refractivity contribution is 14.1. The average molecular weight is 653 g/mol. The molecule has 184 valence electrons. The van der Waals surface area contributed by atoms with E-state index in [1.165, 1.54) is 11.0 Å². The molecular weight excluding hydrogens is 634 g/mol. The van der Waals surface area contributed by atoms with Crippen LogP contribution < -0.4 is 19.7 Å². The number of halogens is 3. The highest BCUT2D eigenvalue weighted by Gasteiger charge is 2.34. The summed E-state index contributed by atoms with van der Waals surface area (Å²) in [6, 6.07) is 17.6. The van der Waals surface area contributed by atoms with Crippen LogP contribution in [0.15, 0.2) is 66.2 Å². The fourth-order valence-electron chi connectivity index (χ4n) is 3.51. The second-order valence-corrected chi connectivity index (χ2v) is 9.97. The summed E-state index contributed by atoms with van der Waals surface area (Å²) in [6.45, 7) is 2.51. The van der Waals surface area contributed by atoms with E-state index in [-0.39, 0.29) is 17.3 Å². The van der Waals surface area contributed by atoms with E-state index in [0.717, 1.165) is 9.13 Å². The third-order valence-corrected chi connectivity index (χ3v) is 6.83. The highest BCUT2D eigenvalue weighted by Crippen LogP contribution is 2.36. The Balaban J connectivity index is 1.67. The normalized spacial score (nSPS) is 14.7. The van der Waals surface area contributed by atoms with Crippen LogP contribution in [0, 0.1) is 3.57 Å². The lowest BCUT2D eigenvalue weighted by atomic mass is 10.1. The van der Waals surface area contributed by atoms with Crippen molar-refractivity contribution in [1.82, 2.24) is 5.32 Å². The Morgan fingerprint density at radius 1 is 1.06 bits per heavy atom. The molecule has 0 aromatic heterocycles. The van der Waals surface area contributed by atoms with Gasteiger partial charge in [-0.05, 0) is 89.8 Å². The van der Waals surface area contributed by atoms with Gasteiger partial charge in [0.15, 0.2) is 16.6 Å². The summed E-state index contributed by atoms with van der Waals surface area (Å²) in [5.74, 6) is -0.122. The van der Waals surface area contributed by atoms with Crippen molar-refractivity contribution in [2.24, 2.45) is 0 Å².